The molecular weight excluding hydrogens is 473 g/mol. The van der Waals surface area contributed by atoms with Crippen molar-refractivity contribution in [1.29, 1.82) is 5.26 Å². The van der Waals surface area contributed by atoms with Gasteiger partial charge in [-0.3, -0.25) is 0 Å². The minimum atomic E-state index is -2.10. The summed E-state index contributed by atoms with van der Waals surface area (Å²) in [4.78, 5) is 16.0. The molecule has 1 aromatic carbocycles. The van der Waals surface area contributed by atoms with E-state index in [1.165, 1.54) is 0 Å². The fraction of sp³-hybridized carbons (Fsp3) is 0.385. The van der Waals surface area contributed by atoms with Gasteiger partial charge in [0.25, 0.3) is 0 Å². The molecular formula is C26H32N7O2P. The molecule has 5 rings (SSSR count). The standard InChI is InChI=1S/C26H32N7O2P/c1-17-10-22(25(29-14-17)35-20-5-8-33(2)9-6-20)32-26-28-7-4-21(31-26)18-11-19(13-27)24-23(12-18)36(3,16-34)15-30-24/h4,7,10-12,14,20,30,34,36H,5-6,8-9,15-16H2,1-3H3,(H,28,31,32). The van der Waals surface area contributed by atoms with Crippen molar-refractivity contribution in [1.82, 2.24) is 19.9 Å². The summed E-state index contributed by atoms with van der Waals surface area (Å²) in [7, 11) is 0.0257. The number of aliphatic hydroxyl groups is 1. The quantitative estimate of drug-likeness (QED) is 0.434. The Hall–Kier alpha value is -3.31. The van der Waals surface area contributed by atoms with Gasteiger partial charge in [0.2, 0.25) is 0 Å². The third-order valence-corrected chi connectivity index (χ3v) is 10.4. The molecule has 0 saturated carbocycles. The second-order valence-electron chi connectivity index (χ2n) is 10.0. The van der Waals surface area contributed by atoms with E-state index >= 15 is 0 Å². The maximum absolute atomic E-state index is 10.1. The normalized spacial score (nSPS) is 18.1. The zero-order valence-corrected chi connectivity index (χ0v) is 21.9. The number of aliphatic hydroxyl groups excluding tert-OH is 1. The second-order valence-corrected chi connectivity index (χ2v) is 14.3. The van der Waals surface area contributed by atoms with Gasteiger partial charge in [-0.05, 0) is 7.05 Å². The van der Waals surface area contributed by atoms with Gasteiger partial charge >= 0.3 is 187 Å². The van der Waals surface area contributed by atoms with Gasteiger partial charge in [0.15, 0.2) is 0 Å². The van der Waals surface area contributed by atoms with Crippen molar-refractivity contribution in [3.05, 3.63) is 47.8 Å². The molecule has 2 aromatic heterocycles. The van der Waals surface area contributed by atoms with Crippen molar-refractivity contribution in [2.75, 3.05) is 50.1 Å². The summed E-state index contributed by atoms with van der Waals surface area (Å²) in [5.41, 5.74) is 4.67. The number of fused-ring (bicyclic) bond motifs is 1. The molecule has 2 aliphatic heterocycles. The van der Waals surface area contributed by atoms with E-state index in [9.17, 15) is 10.4 Å². The van der Waals surface area contributed by atoms with Crippen LogP contribution in [0.4, 0.5) is 17.3 Å². The Morgan fingerprint density at radius 2 is 2.08 bits per heavy atom. The van der Waals surface area contributed by atoms with E-state index in [1.807, 2.05) is 25.1 Å². The number of pyridine rings is 1. The van der Waals surface area contributed by atoms with Crippen LogP contribution in [0, 0.1) is 18.3 Å². The number of aromatic nitrogens is 3. The minimum absolute atomic E-state index is 0.123. The number of nitrogens with zero attached hydrogens (tertiary/aromatic N) is 5. The number of rotatable bonds is 6. The molecule has 0 aliphatic carbocycles. The summed E-state index contributed by atoms with van der Waals surface area (Å²) in [6.07, 6.45) is 6.39. The van der Waals surface area contributed by atoms with Crippen LogP contribution in [0.25, 0.3) is 11.3 Å². The average Bonchev–Trinajstić information content (AvgIpc) is 3.23. The van der Waals surface area contributed by atoms with E-state index in [-0.39, 0.29) is 12.5 Å². The Labute approximate surface area is 211 Å². The first-order valence-electron chi connectivity index (χ1n) is 12.2. The third-order valence-electron chi connectivity index (χ3n) is 7.04. The van der Waals surface area contributed by atoms with E-state index in [2.05, 4.69) is 51.3 Å². The number of benzene rings is 1. The summed E-state index contributed by atoms with van der Waals surface area (Å²) in [5.74, 6) is 0.969. The van der Waals surface area contributed by atoms with Crippen LogP contribution in [0.2, 0.25) is 0 Å². The van der Waals surface area contributed by atoms with Gasteiger partial charge in [0.05, 0.1) is 0 Å². The summed E-state index contributed by atoms with van der Waals surface area (Å²) in [5, 5.41) is 27.5. The Balaban J connectivity index is 1.44. The van der Waals surface area contributed by atoms with Crippen molar-refractivity contribution >= 4 is 29.9 Å². The van der Waals surface area contributed by atoms with Crippen molar-refractivity contribution in [3.8, 4) is 23.2 Å². The van der Waals surface area contributed by atoms with Crippen molar-refractivity contribution < 1.29 is 9.84 Å². The molecule has 3 aromatic rings. The number of hydrogen-bond acceptors (Lipinski definition) is 9. The molecule has 3 N–H and O–H groups in total. The third kappa shape index (κ3) is 4.85. The van der Waals surface area contributed by atoms with Gasteiger partial charge in [0, 0.05) is 13.1 Å². The van der Waals surface area contributed by atoms with Crippen LogP contribution in [-0.2, 0) is 0 Å². The van der Waals surface area contributed by atoms with Gasteiger partial charge in [0.1, 0.15) is 0 Å². The molecule has 0 atom stereocenters. The topological polar surface area (TPSA) is 119 Å². The number of piperidine rings is 1. The molecule has 188 valence electrons. The first-order valence-corrected chi connectivity index (χ1v) is 15.2. The number of nitriles is 1. The van der Waals surface area contributed by atoms with E-state index < -0.39 is 7.26 Å². The molecule has 36 heavy (non-hydrogen) atoms. The zero-order chi connectivity index (χ0) is 25.3. The first kappa shape index (κ1) is 24.4. The van der Waals surface area contributed by atoms with E-state index in [4.69, 9.17) is 9.72 Å². The Morgan fingerprint density at radius 3 is 2.83 bits per heavy atom. The van der Waals surface area contributed by atoms with Crippen LogP contribution in [0.1, 0.15) is 24.0 Å². The summed E-state index contributed by atoms with van der Waals surface area (Å²) in [6, 6.07) is 10.0. The van der Waals surface area contributed by atoms with Crippen LogP contribution >= 0.6 is 7.26 Å². The SMILES string of the molecule is Cc1cnc(OC2CCN(C)CC2)c(Nc2nccc(-c3cc(C#N)c4c(c3)[PH](C)(CO)CN4)n2)c1. The molecule has 1 fully saturated rings. The van der Waals surface area contributed by atoms with E-state index in [0.29, 0.717) is 29.4 Å². The number of anilines is 3. The first-order chi connectivity index (χ1) is 17.4. The number of hydrogen-bond donors (Lipinski definition) is 3. The van der Waals surface area contributed by atoms with E-state index in [0.717, 1.165) is 53.7 Å². The molecule has 1 saturated heterocycles. The Bertz CT molecular complexity index is 1320. The van der Waals surface area contributed by atoms with Crippen molar-refractivity contribution in [2.45, 2.75) is 25.9 Å². The Kier molecular flexibility index (Phi) is 6.76. The molecule has 0 unspecified atom stereocenters. The number of nitrogens with one attached hydrogen (secondary N) is 2. The van der Waals surface area contributed by atoms with Crippen LogP contribution in [0.3, 0.4) is 0 Å². The molecule has 10 heteroatoms. The van der Waals surface area contributed by atoms with Gasteiger partial charge in [-0.25, -0.2) is 0 Å². The van der Waals surface area contributed by atoms with Crippen LogP contribution in [-0.4, -0.2) is 70.5 Å². The summed E-state index contributed by atoms with van der Waals surface area (Å²) < 4.78 is 6.27. The second kappa shape index (κ2) is 9.98. The summed E-state index contributed by atoms with van der Waals surface area (Å²) >= 11 is 0. The fourth-order valence-corrected chi connectivity index (χ4v) is 7.14. The van der Waals surface area contributed by atoms with Crippen molar-refractivity contribution in [2.24, 2.45) is 0 Å². The van der Waals surface area contributed by atoms with Crippen LogP contribution < -0.4 is 20.7 Å². The molecule has 9 nitrogen and oxygen atoms in total. The monoisotopic (exact) mass is 505 g/mol. The van der Waals surface area contributed by atoms with Gasteiger partial charge in [-0.1, -0.05) is 0 Å². The maximum atomic E-state index is 10.1. The molecule has 0 bridgehead atoms. The predicted octanol–water partition coefficient (Wildman–Crippen LogP) is 3.27. The van der Waals surface area contributed by atoms with Crippen LogP contribution in [0.5, 0.6) is 5.88 Å². The van der Waals surface area contributed by atoms with Gasteiger partial charge in [-0.2, -0.15) is 0 Å². The molecule has 0 radical (unpaired) electrons. The van der Waals surface area contributed by atoms with Crippen LogP contribution in [0.15, 0.2) is 36.7 Å². The number of ether oxygens (including phenoxy) is 1. The fourth-order valence-electron chi connectivity index (χ4n) is 4.77. The van der Waals surface area contributed by atoms with Crippen molar-refractivity contribution in [3.63, 3.8) is 0 Å². The number of likely N-dealkylation sites (tertiary alicyclic amines) is 1. The van der Waals surface area contributed by atoms with Gasteiger partial charge in [-0.15, -0.1) is 0 Å². The van der Waals surface area contributed by atoms with E-state index in [1.54, 1.807) is 12.4 Å². The van der Waals surface area contributed by atoms with Gasteiger partial charge < -0.3 is 4.90 Å². The molecule has 2 aliphatic rings. The Morgan fingerprint density at radius 1 is 1.28 bits per heavy atom. The average molecular weight is 506 g/mol. The summed E-state index contributed by atoms with van der Waals surface area (Å²) in [6.45, 7) is 6.12. The molecule has 0 amide bonds. The zero-order valence-electron chi connectivity index (χ0n) is 20.9. The predicted molar refractivity (Wildman–Crippen MR) is 145 cm³/mol. The molecule has 4 heterocycles. The number of aryl methyl sites for hydroxylation is 1. The molecule has 0 spiro atoms.